The molecular formula is C33H41N5O5. The predicted octanol–water partition coefficient (Wildman–Crippen LogP) is 4.16. The van der Waals surface area contributed by atoms with Gasteiger partial charge in [-0.1, -0.05) is 12.1 Å². The average Bonchev–Trinajstić information content (AvgIpc) is 3.82. The third-order valence-corrected chi connectivity index (χ3v) is 8.61. The number of methoxy groups -OCH3 is 1. The van der Waals surface area contributed by atoms with Crippen LogP contribution in [0.1, 0.15) is 60.1 Å². The minimum absolute atomic E-state index is 0.0247. The maximum Gasteiger partial charge on any atom is 0.259 e. The Hall–Kier alpha value is -3.92. The number of aryl methyl sites for hydroxylation is 3. The number of hydrogen-bond acceptors (Lipinski definition) is 7. The Bertz CT molecular complexity index is 1430. The van der Waals surface area contributed by atoms with E-state index in [0.29, 0.717) is 57.4 Å². The lowest BCUT2D eigenvalue weighted by atomic mass is 10.1. The Morgan fingerprint density at radius 3 is 2.63 bits per heavy atom. The van der Waals surface area contributed by atoms with Crippen LogP contribution < -0.4 is 9.47 Å². The Labute approximate surface area is 253 Å². The van der Waals surface area contributed by atoms with Crippen LogP contribution in [0.3, 0.4) is 0 Å². The third-order valence-electron chi connectivity index (χ3n) is 8.61. The highest BCUT2D eigenvalue weighted by Crippen LogP contribution is 2.28. The molecule has 10 heteroatoms. The molecule has 0 N–H and O–H groups in total. The van der Waals surface area contributed by atoms with E-state index in [1.54, 1.807) is 13.3 Å². The predicted molar refractivity (Wildman–Crippen MR) is 161 cm³/mol. The zero-order valence-corrected chi connectivity index (χ0v) is 25.0. The molecule has 2 aromatic heterocycles. The van der Waals surface area contributed by atoms with Crippen LogP contribution in [-0.2, 0) is 28.9 Å². The van der Waals surface area contributed by atoms with Crippen LogP contribution >= 0.6 is 0 Å². The molecule has 2 aliphatic heterocycles. The Morgan fingerprint density at radius 1 is 0.930 bits per heavy atom. The Morgan fingerprint density at radius 2 is 1.79 bits per heavy atom. The van der Waals surface area contributed by atoms with Gasteiger partial charge in [-0.25, -0.2) is 9.97 Å². The summed E-state index contributed by atoms with van der Waals surface area (Å²) in [6.45, 7) is 3.94. The Kier molecular flexibility index (Phi) is 9.21. The van der Waals surface area contributed by atoms with Crippen LogP contribution in [-0.4, -0.2) is 88.8 Å². The van der Waals surface area contributed by atoms with Crippen molar-refractivity contribution in [2.45, 2.75) is 64.0 Å². The summed E-state index contributed by atoms with van der Waals surface area (Å²) in [6.07, 6.45) is 10.3. The third kappa shape index (κ3) is 6.69. The van der Waals surface area contributed by atoms with E-state index in [2.05, 4.69) is 9.55 Å². The van der Waals surface area contributed by atoms with E-state index in [-0.39, 0.29) is 17.9 Å². The van der Waals surface area contributed by atoms with Gasteiger partial charge < -0.3 is 28.6 Å². The molecule has 3 aliphatic rings. The molecular weight excluding hydrogens is 546 g/mol. The number of imidazole rings is 1. The number of carbonyl (C=O) groups is 2. The molecule has 0 spiro atoms. The topological polar surface area (TPSA) is 99.0 Å². The van der Waals surface area contributed by atoms with Gasteiger partial charge in [-0.15, -0.1) is 0 Å². The molecule has 1 unspecified atom stereocenters. The van der Waals surface area contributed by atoms with E-state index in [1.807, 2.05) is 46.3 Å². The van der Waals surface area contributed by atoms with E-state index >= 15 is 0 Å². The molecule has 228 valence electrons. The highest BCUT2D eigenvalue weighted by Gasteiger charge is 2.29. The van der Waals surface area contributed by atoms with Crippen molar-refractivity contribution in [3.63, 3.8) is 0 Å². The maximum atomic E-state index is 14.0. The first kappa shape index (κ1) is 29.2. The standard InChI is InChI=1S/C33H41N5O5/c1-41-31-27(23-24-8-5-11-28(24)35-31)32(39)37-14-2-3-15-38(33(40)29-12-6-20-43-29)19-21-42-26-10-4-9-25(22-26)30-34-13-18-36(30)16-7-17-37/h4,9-10,13,18,22-23,29H,2-3,5-8,11-12,14-17,19-21H2,1H3. The number of aromatic nitrogens is 3. The van der Waals surface area contributed by atoms with Gasteiger partial charge in [0.15, 0.2) is 0 Å². The number of carbonyl (C=O) groups excluding carboxylic acids is 2. The van der Waals surface area contributed by atoms with Gasteiger partial charge in [0.2, 0.25) is 5.88 Å². The maximum absolute atomic E-state index is 14.0. The normalized spacial score (nSPS) is 19.7. The van der Waals surface area contributed by atoms with Crippen LogP contribution in [0.5, 0.6) is 11.6 Å². The monoisotopic (exact) mass is 587 g/mol. The van der Waals surface area contributed by atoms with Crippen LogP contribution in [0.4, 0.5) is 0 Å². The van der Waals surface area contributed by atoms with Crippen LogP contribution in [0.25, 0.3) is 11.4 Å². The van der Waals surface area contributed by atoms with Crippen molar-refractivity contribution in [3.05, 3.63) is 59.5 Å². The van der Waals surface area contributed by atoms with Crippen molar-refractivity contribution < 1.29 is 23.8 Å². The fraction of sp³-hybridized carbons (Fsp3) is 0.515. The minimum Gasteiger partial charge on any atom is -0.492 e. The summed E-state index contributed by atoms with van der Waals surface area (Å²) >= 11 is 0. The van der Waals surface area contributed by atoms with E-state index in [0.717, 1.165) is 79.8 Å². The lowest BCUT2D eigenvalue weighted by Gasteiger charge is -2.27. The Balaban J connectivity index is 1.25. The second-order valence-corrected chi connectivity index (χ2v) is 11.5. The fourth-order valence-electron chi connectivity index (χ4n) is 6.34. The van der Waals surface area contributed by atoms with E-state index in [9.17, 15) is 9.59 Å². The number of benzene rings is 1. The van der Waals surface area contributed by atoms with Gasteiger partial charge in [0.25, 0.3) is 11.8 Å². The van der Waals surface area contributed by atoms with Gasteiger partial charge in [0.1, 0.15) is 29.8 Å². The molecule has 1 aromatic carbocycles. The second kappa shape index (κ2) is 13.6. The molecule has 0 radical (unpaired) electrons. The van der Waals surface area contributed by atoms with Crippen molar-refractivity contribution in [2.75, 3.05) is 46.5 Å². The molecule has 4 heterocycles. The first-order valence-corrected chi connectivity index (χ1v) is 15.6. The van der Waals surface area contributed by atoms with Crippen molar-refractivity contribution in [2.24, 2.45) is 0 Å². The zero-order valence-electron chi connectivity index (χ0n) is 25.0. The molecule has 3 aromatic rings. The highest BCUT2D eigenvalue weighted by atomic mass is 16.5. The summed E-state index contributed by atoms with van der Waals surface area (Å²) in [7, 11) is 1.58. The van der Waals surface area contributed by atoms with E-state index < -0.39 is 0 Å². The van der Waals surface area contributed by atoms with Gasteiger partial charge in [0, 0.05) is 56.4 Å². The SMILES string of the molecule is COc1nc2c(cc1C(=O)N1CCCCN(C(=O)C3CCCO3)CCOc3cccc(c3)-c3nccn3CCC1)CCC2. The molecule has 2 amide bonds. The number of rotatable bonds is 3. The first-order valence-electron chi connectivity index (χ1n) is 15.6. The lowest BCUT2D eigenvalue weighted by Crippen LogP contribution is -2.42. The molecule has 2 bridgehead atoms. The van der Waals surface area contributed by atoms with Gasteiger partial charge in [0.05, 0.1) is 13.7 Å². The molecule has 43 heavy (non-hydrogen) atoms. The van der Waals surface area contributed by atoms with Crippen LogP contribution in [0.2, 0.25) is 0 Å². The number of fused-ring (bicyclic) bond motifs is 5. The van der Waals surface area contributed by atoms with Gasteiger partial charge in [-0.2, -0.15) is 0 Å². The summed E-state index contributed by atoms with van der Waals surface area (Å²) < 4.78 is 19.6. The molecule has 1 fully saturated rings. The van der Waals surface area contributed by atoms with E-state index in [4.69, 9.17) is 19.2 Å². The van der Waals surface area contributed by atoms with Crippen molar-refractivity contribution in [1.82, 2.24) is 24.3 Å². The molecule has 10 nitrogen and oxygen atoms in total. The van der Waals surface area contributed by atoms with Gasteiger partial charge in [-0.05, 0) is 75.1 Å². The van der Waals surface area contributed by atoms with Gasteiger partial charge in [-0.3, -0.25) is 9.59 Å². The summed E-state index contributed by atoms with van der Waals surface area (Å²) in [5, 5.41) is 0. The lowest BCUT2D eigenvalue weighted by molar-refractivity contribution is -0.141. The molecule has 1 aliphatic carbocycles. The van der Waals surface area contributed by atoms with Crippen molar-refractivity contribution in [1.29, 1.82) is 0 Å². The van der Waals surface area contributed by atoms with Crippen LogP contribution in [0, 0.1) is 0 Å². The smallest absolute Gasteiger partial charge is 0.259 e. The molecule has 0 saturated carbocycles. The molecule has 6 rings (SSSR count). The largest absolute Gasteiger partial charge is 0.492 e. The first-order chi connectivity index (χ1) is 21.1. The summed E-state index contributed by atoms with van der Waals surface area (Å²) in [4.78, 5) is 40.5. The number of nitrogens with zero attached hydrogens (tertiary/aromatic N) is 5. The van der Waals surface area contributed by atoms with Crippen molar-refractivity contribution in [3.8, 4) is 23.0 Å². The van der Waals surface area contributed by atoms with Crippen molar-refractivity contribution >= 4 is 11.8 Å². The highest BCUT2D eigenvalue weighted by molar-refractivity contribution is 5.96. The van der Waals surface area contributed by atoms with E-state index in [1.165, 1.54) is 0 Å². The summed E-state index contributed by atoms with van der Waals surface area (Å²) in [5.41, 5.74) is 3.67. The second-order valence-electron chi connectivity index (χ2n) is 11.5. The van der Waals surface area contributed by atoms with Gasteiger partial charge >= 0.3 is 0 Å². The molecule has 1 saturated heterocycles. The minimum atomic E-state index is -0.380. The number of ether oxygens (including phenoxy) is 3. The quantitative estimate of drug-likeness (QED) is 0.454. The summed E-state index contributed by atoms with van der Waals surface area (Å²) in [5.74, 6) is 1.97. The fourth-order valence-corrected chi connectivity index (χ4v) is 6.34. The number of amides is 2. The average molecular weight is 588 g/mol. The van der Waals surface area contributed by atoms with Crippen LogP contribution in [0.15, 0.2) is 42.7 Å². The number of hydrogen-bond donors (Lipinski definition) is 0. The number of pyridine rings is 1. The zero-order chi connectivity index (χ0) is 29.6. The summed E-state index contributed by atoms with van der Waals surface area (Å²) in [6, 6.07) is 9.90. The molecule has 1 atom stereocenters.